The predicted molar refractivity (Wildman–Crippen MR) is 86.1 cm³/mol. The van der Waals surface area contributed by atoms with Gasteiger partial charge in [-0.05, 0) is 30.3 Å². The molecule has 0 spiro atoms. The zero-order valence-electron chi connectivity index (χ0n) is 12.2. The lowest BCUT2D eigenvalue weighted by molar-refractivity contribution is -0.116. The number of rotatable bonds is 6. The molecule has 3 nitrogen and oxygen atoms in total. The second-order valence-corrected chi connectivity index (χ2v) is 6.19. The van der Waals surface area contributed by atoms with Crippen LogP contribution in [0, 0.1) is 11.6 Å². The molecule has 0 saturated heterocycles. The number of nitrogens with one attached hydrogen (secondary N) is 1. The molecular formula is C17H15F2NO2S. The van der Waals surface area contributed by atoms with Gasteiger partial charge in [0.1, 0.15) is 11.6 Å². The molecule has 1 amide bonds. The van der Waals surface area contributed by atoms with Crippen molar-refractivity contribution in [2.75, 3.05) is 12.3 Å². The number of hydrogen-bond acceptors (Lipinski definition) is 2. The Morgan fingerprint density at radius 1 is 1.04 bits per heavy atom. The van der Waals surface area contributed by atoms with Crippen molar-refractivity contribution in [2.45, 2.75) is 4.90 Å². The monoisotopic (exact) mass is 335 g/mol. The molecule has 0 aromatic heterocycles. The van der Waals surface area contributed by atoms with Crippen LogP contribution in [0.1, 0.15) is 5.56 Å². The summed E-state index contributed by atoms with van der Waals surface area (Å²) < 4.78 is 38.7. The average Bonchev–Trinajstić information content (AvgIpc) is 2.55. The molecule has 1 atom stereocenters. The zero-order valence-corrected chi connectivity index (χ0v) is 13.0. The average molecular weight is 335 g/mol. The minimum atomic E-state index is -1.21. The Bertz CT molecular complexity index is 712. The highest BCUT2D eigenvalue weighted by molar-refractivity contribution is 7.85. The van der Waals surface area contributed by atoms with E-state index in [9.17, 15) is 17.8 Å². The van der Waals surface area contributed by atoms with E-state index in [0.717, 1.165) is 24.3 Å². The van der Waals surface area contributed by atoms with Gasteiger partial charge in [-0.3, -0.25) is 9.00 Å². The van der Waals surface area contributed by atoms with Gasteiger partial charge in [0.2, 0.25) is 5.91 Å². The minimum absolute atomic E-state index is 0.199. The molecule has 120 valence electrons. The third kappa shape index (κ3) is 5.10. The molecule has 6 heteroatoms. The van der Waals surface area contributed by atoms with Crippen molar-refractivity contribution in [2.24, 2.45) is 0 Å². The van der Waals surface area contributed by atoms with Crippen LogP contribution in [0.2, 0.25) is 0 Å². The maximum Gasteiger partial charge on any atom is 0.244 e. The number of amides is 1. The summed E-state index contributed by atoms with van der Waals surface area (Å²) in [6.45, 7) is 0.199. The number of hydrogen-bond donors (Lipinski definition) is 1. The Hall–Kier alpha value is -2.34. The van der Waals surface area contributed by atoms with E-state index in [-0.39, 0.29) is 17.9 Å². The second kappa shape index (κ2) is 8.33. The van der Waals surface area contributed by atoms with Gasteiger partial charge in [-0.15, -0.1) is 0 Å². The SMILES string of the molecule is O=C(/C=C\c1c(F)cccc1F)NCC[S@](=O)c1ccccc1. The van der Waals surface area contributed by atoms with Gasteiger partial charge >= 0.3 is 0 Å². The van der Waals surface area contributed by atoms with Gasteiger partial charge in [0.05, 0.1) is 10.8 Å². The van der Waals surface area contributed by atoms with E-state index in [1.54, 1.807) is 24.3 Å². The standard InChI is InChI=1S/C17H15F2NO2S/c18-15-7-4-8-16(19)14(15)9-10-17(21)20-11-12-23(22)13-5-2-1-3-6-13/h1-10H,11-12H2,(H,20,21)/b10-9-/t23-/m0/s1. The van der Waals surface area contributed by atoms with Gasteiger partial charge in [-0.2, -0.15) is 0 Å². The first-order chi connectivity index (χ1) is 11.1. The van der Waals surface area contributed by atoms with Crippen molar-refractivity contribution in [3.8, 4) is 0 Å². The summed E-state index contributed by atoms with van der Waals surface area (Å²) in [6.07, 6.45) is 2.13. The fourth-order valence-corrected chi connectivity index (χ4v) is 2.83. The van der Waals surface area contributed by atoms with Crippen LogP contribution < -0.4 is 5.32 Å². The molecule has 0 saturated carbocycles. The summed E-state index contributed by atoms with van der Waals surface area (Å²) in [6, 6.07) is 12.4. The van der Waals surface area contributed by atoms with Gasteiger partial charge in [-0.1, -0.05) is 24.3 Å². The van der Waals surface area contributed by atoms with E-state index in [4.69, 9.17) is 0 Å². The van der Waals surface area contributed by atoms with Gasteiger partial charge in [0.15, 0.2) is 0 Å². The van der Waals surface area contributed by atoms with Crippen molar-refractivity contribution in [3.63, 3.8) is 0 Å². The Labute approximate surface area is 135 Å². The molecule has 1 N–H and O–H groups in total. The molecule has 2 aromatic rings. The molecule has 0 aliphatic carbocycles. The highest BCUT2D eigenvalue weighted by Gasteiger charge is 2.06. The van der Waals surface area contributed by atoms with E-state index >= 15 is 0 Å². The molecular weight excluding hydrogens is 320 g/mol. The minimum Gasteiger partial charge on any atom is -0.352 e. The van der Waals surface area contributed by atoms with Crippen LogP contribution in [0.15, 0.2) is 59.5 Å². The van der Waals surface area contributed by atoms with Crippen molar-refractivity contribution in [1.29, 1.82) is 0 Å². The van der Waals surface area contributed by atoms with Crippen LogP contribution in [0.25, 0.3) is 6.08 Å². The van der Waals surface area contributed by atoms with Crippen molar-refractivity contribution in [1.82, 2.24) is 5.32 Å². The molecule has 23 heavy (non-hydrogen) atoms. The van der Waals surface area contributed by atoms with Gasteiger partial charge in [-0.25, -0.2) is 8.78 Å². The van der Waals surface area contributed by atoms with E-state index in [0.29, 0.717) is 4.90 Å². The summed E-state index contributed by atoms with van der Waals surface area (Å²) in [5, 5.41) is 2.53. The highest BCUT2D eigenvalue weighted by Crippen LogP contribution is 2.13. The van der Waals surface area contributed by atoms with Crippen LogP contribution in [0.4, 0.5) is 8.78 Å². The van der Waals surface area contributed by atoms with Crippen molar-refractivity contribution < 1.29 is 17.8 Å². The first kappa shape index (κ1) is 17.0. The molecule has 0 bridgehead atoms. The van der Waals surface area contributed by atoms with Crippen LogP contribution in [0.3, 0.4) is 0 Å². The number of benzene rings is 2. The Morgan fingerprint density at radius 3 is 2.35 bits per heavy atom. The molecule has 0 aliphatic heterocycles. The number of carbonyl (C=O) groups is 1. The lowest BCUT2D eigenvalue weighted by Crippen LogP contribution is -2.25. The molecule has 0 fully saturated rings. The second-order valence-electron chi connectivity index (χ2n) is 4.62. The van der Waals surface area contributed by atoms with Crippen LogP contribution >= 0.6 is 0 Å². The van der Waals surface area contributed by atoms with E-state index in [1.807, 2.05) is 6.07 Å². The Balaban J connectivity index is 1.84. The third-order valence-electron chi connectivity index (χ3n) is 2.99. The molecule has 0 unspecified atom stereocenters. The lowest BCUT2D eigenvalue weighted by atomic mass is 10.2. The maximum atomic E-state index is 13.4. The molecule has 0 aliphatic rings. The fourth-order valence-electron chi connectivity index (χ4n) is 1.84. The van der Waals surface area contributed by atoms with E-state index < -0.39 is 28.3 Å². The highest BCUT2D eigenvalue weighted by atomic mass is 32.2. The molecule has 2 aromatic carbocycles. The molecule has 0 heterocycles. The maximum absolute atomic E-state index is 13.4. The number of carbonyl (C=O) groups excluding carboxylic acids is 1. The van der Waals surface area contributed by atoms with Crippen molar-refractivity contribution >= 4 is 22.8 Å². The summed E-state index contributed by atoms with van der Waals surface area (Å²) in [4.78, 5) is 12.3. The van der Waals surface area contributed by atoms with Gasteiger partial charge in [0, 0.05) is 28.8 Å². The predicted octanol–water partition coefficient (Wildman–Crippen LogP) is 2.90. The quantitative estimate of drug-likeness (QED) is 0.825. The first-order valence-electron chi connectivity index (χ1n) is 6.91. The summed E-state index contributed by atoms with van der Waals surface area (Å²) in [5.74, 6) is -1.71. The third-order valence-corrected chi connectivity index (χ3v) is 4.37. The van der Waals surface area contributed by atoms with E-state index in [2.05, 4.69) is 5.32 Å². The largest absolute Gasteiger partial charge is 0.352 e. The fraction of sp³-hybridized carbons (Fsp3) is 0.118. The summed E-state index contributed by atoms with van der Waals surface area (Å²) in [7, 11) is -1.21. The smallest absolute Gasteiger partial charge is 0.244 e. The summed E-state index contributed by atoms with van der Waals surface area (Å²) >= 11 is 0. The Kier molecular flexibility index (Phi) is 6.17. The van der Waals surface area contributed by atoms with Crippen molar-refractivity contribution in [3.05, 3.63) is 71.8 Å². The topological polar surface area (TPSA) is 46.2 Å². The van der Waals surface area contributed by atoms with Gasteiger partial charge in [0.25, 0.3) is 0 Å². The Morgan fingerprint density at radius 2 is 1.70 bits per heavy atom. The normalized spacial score (nSPS) is 12.3. The van der Waals surface area contributed by atoms with Crippen LogP contribution in [-0.4, -0.2) is 22.4 Å². The molecule has 2 rings (SSSR count). The van der Waals surface area contributed by atoms with E-state index in [1.165, 1.54) is 6.07 Å². The summed E-state index contributed by atoms with van der Waals surface area (Å²) in [5.41, 5.74) is -0.268. The van der Waals surface area contributed by atoms with Crippen LogP contribution in [-0.2, 0) is 15.6 Å². The van der Waals surface area contributed by atoms with Crippen LogP contribution in [0.5, 0.6) is 0 Å². The van der Waals surface area contributed by atoms with Gasteiger partial charge < -0.3 is 5.32 Å². The lowest BCUT2D eigenvalue weighted by Gasteiger charge is -2.03. The zero-order chi connectivity index (χ0) is 16.7. The molecule has 0 radical (unpaired) electrons. The first-order valence-corrected chi connectivity index (χ1v) is 8.23. The number of halogens is 2.